The quantitative estimate of drug-likeness (QED) is 0.761. The minimum absolute atomic E-state index is 0.654. The van der Waals surface area contributed by atoms with Crippen LogP contribution in [0, 0.1) is 23.2 Å². The van der Waals surface area contributed by atoms with Gasteiger partial charge in [0.05, 0.1) is 18.2 Å². The molecular weight excluding hydrogens is 232 g/mol. The van der Waals surface area contributed by atoms with E-state index in [4.69, 9.17) is 5.26 Å². The van der Waals surface area contributed by atoms with E-state index >= 15 is 0 Å². The number of nitriles is 1. The molecule has 0 spiro atoms. The van der Waals surface area contributed by atoms with Gasteiger partial charge in [-0.2, -0.15) is 5.26 Å². The molecule has 0 aliphatic carbocycles. The van der Waals surface area contributed by atoms with Crippen LogP contribution in [0.15, 0.2) is 54.6 Å². The fourth-order valence-corrected chi connectivity index (χ4v) is 1.66. The molecule has 2 heteroatoms. The van der Waals surface area contributed by atoms with Gasteiger partial charge in [-0.15, -0.1) is 0 Å². The molecule has 92 valence electrons. The first-order chi connectivity index (χ1) is 9.29. The fraction of sp³-hybridized carbons (Fsp3) is 0.118. The van der Waals surface area contributed by atoms with Crippen LogP contribution >= 0.6 is 0 Å². The number of nitrogens with zero attached hydrogens (tertiary/aromatic N) is 2. The summed E-state index contributed by atoms with van der Waals surface area (Å²) in [5.74, 6) is 6.26. The highest BCUT2D eigenvalue weighted by Crippen LogP contribution is 2.12. The van der Waals surface area contributed by atoms with Gasteiger partial charge in [0.25, 0.3) is 0 Å². The first kappa shape index (κ1) is 12.7. The molecule has 0 aromatic heterocycles. The fourth-order valence-electron chi connectivity index (χ4n) is 1.66. The number of hydrogen-bond acceptors (Lipinski definition) is 2. The first-order valence-corrected chi connectivity index (χ1v) is 6.05. The Morgan fingerprint density at radius 2 is 1.63 bits per heavy atom. The molecule has 0 unspecified atom stereocenters. The summed E-state index contributed by atoms with van der Waals surface area (Å²) in [5.41, 5.74) is 2.75. The molecule has 0 amide bonds. The lowest BCUT2D eigenvalue weighted by Crippen LogP contribution is -2.16. The van der Waals surface area contributed by atoms with E-state index in [0.717, 1.165) is 11.3 Å². The van der Waals surface area contributed by atoms with Crippen LogP contribution in [-0.4, -0.2) is 13.6 Å². The summed E-state index contributed by atoms with van der Waals surface area (Å²) in [6.07, 6.45) is 0. The second kappa shape index (κ2) is 6.28. The summed E-state index contributed by atoms with van der Waals surface area (Å²) in [6, 6.07) is 19.5. The molecule has 2 rings (SSSR count). The van der Waals surface area contributed by atoms with Crippen molar-refractivity contribution in [3.8, 4) is 17.9 Å². The number of hydrogen-bond donors (Lipinski definition) is 0. The van der Waals surface area contributed by atoms with Crippen LogP contribution in [0.5, 0.6) is 0 Å². The average molecular weight is 246 g/mol. The lowest BCUT2D eigenvalue weighted by molar-refractivity contribution is 1.05. The van der Waals surface area contributed by atoms with Crippen molar-refractivity contribution in [3.63, 3.8) is 0 Å². The molecule has 0 saturated carbocycles. The highest BCUT2D eigenvalue weighted by atomic mass is 15.1. The van der Waals surface area contributed by atoms with E-state index < -0.39 is 0 Å². The zero-order valence-corrected chi connectivity index (χ0v) is 10.8. The topological polar surface area (TPSA) is 27.0 Å². The summed E-state index contributed by atoms with van der Waals surface area (Å²) in [6.45, 7) is 0.654. The van der Waals surface area contributed by atoms with Gasteiger partial charge in [-0.25, -0.2) is 0 Å². The van der Waals surface area contributed by atoms with E-state index in [2.05, 4.69) is 22.8 Å². The highest BCUT2D eigenvalue weighted by molar-refractivity contribution is 5.50. The van der Waals surface area contributed by atoms with E-state index in [1.165, 1.54) is 0 Å². The minimum atomic E-state index is 0.654. The SMILES string of the molecule is CN(CC#Cc1ccccc1)c1ccc(C#N)cc1. The third-order valence-corrected chi connectivity index (χ3v) is 2.76. The summed E-state index contributed by atoms with van der Waals surface area (Å²) < 4.78 is 0. The molecule has 0 saturated heterocycles. The van der Waals surface area contributed by atoms with Gasteiger partial charge >= 0.3 is 0 Å². The molecule has 2 aromatic rings. The Hall–Kier alpha value is -2.71. The average Bonchev–Trinajstić information content (AvgIpc) is 2.48. The van der Waals surface area contributed by atoms with Crippen molar-refractivity contribution in [1.29, 1.82) is 5.26 Å². The predicted molar refractivity (Wildman–Crippen MR) is 77.7 cm³/mol. The first-order valence-electron chi connectivity index (χ1n) is 6.05. The second-order valence-corrected chi connectivity index (χ2v) is 4.18. The molecule has 0 aliphatic heterocycles. The van der Waals surface area contributed by atoms with Crippen molar-refractivity contribution in [3.05, 3.63) is 65.7 Å². The Kier molecular flexibility index (Phi) is 4.21. The van der Waals surface area contributed by atoms with Gasteiger partial charge in [-0.1, -0.05) is 30.0 Å². The highest BCUT2D eigenvalue weighted by Gasteiger charge is 1.98. The smallest absolute Gasteiger partial charge is 0.0991 e. The molecule has 0 radical (unpaired) electrons. The summed E-state index contributed by atoms with van der Waals surface area (Å²) in [4.78, 5) is 2.05. The molecule has 0 N–H and O–H groups in total. The summed E-state index contributed by atoms with van der Waals surface area (Å²) in [7, 11) is 1.99. The van der Waals surface area contributed by atoms with E-state index in [1.807, 2.05) is 61.6 Å². The van der Waals surface area contributed by atoms with E-state index in [1.54, 1.807) is 0 Å². The lowest BCUT2D eigenvalue weighted by Gasteiger charge is -2.15. The maximum absolute atomic E-state index is 8.75. The lowest BCUT2D eigenvalue weighted by atomic mass is 10.2. The van der Waals surface area contributed by atoms with E-state index in [9.17, 15) is 0 Å². The molecule has 2 nitrogen and oxygen atoms in total. The van der Waals surface area contributed by atoms with Gasteiger partial charge in [0.1, 0.15) is 0 Å². The van der Waals surface area contributed by atoms with Crippen LogP contribution in [0.4, 0.5) is 5.69 Å². The number of rotatable bonds is 2. The van der Waals surface area contributed by atoms with Crippen LogP contribution in [0.1, 0.15) is 11.1 Å². The van der Waals surface area contributed by atoms with Gasteiger partial charge in [0.15, 0.2) is 0 Å². The standard InChI is InChI=1S/C17H14N2/c1-19(17-11-9-16(14-18)10-12-17)13-5-8-15-6-3-2-4-7-15/h2-4,6-7,9-12H,13H2,1H3. The van der Waals surface area contributed by atoms with Gasteiger partial charge < -0.3 is 4.90 Å². The molecule has 0 heterocycles. The molecule has 0 bridgehead atoms. The predicted octanol–water partition coefficient (Wildman–Crippen LogP) is 3.05. The van der Waals surface area contributed by atoms with Crippen LogP contribution in [0.3, 0.4) is 0 Å². The maximum atomic E-state index is 8.75. The Labute approximate surface area is 113 Å². The normalized spacial score (nSPS) is 9.05. The zero-order chi connectivity index (χ0) is 13.5. The van der Waals surface area contributed by atoms with Crippen molar-refractivity contribution in [1.82, 2.24) is 0 Å². The monoisotopic (exact) mass is 246 g/mol. The minimum Gasteiger partial charge on any atom is -0.363 e. The number of benzene rings is 2. The van der Waals surface area contributed by atoms with Crippen LogP contribution in [-0.2, 0) is 0 Å². The van der Waals surface area contributed by atoms with Crippen molar-refractivity contribution >= 4 is 5.69 Å². The molecule has 2 aromatic carbocycles. The summed E-state index contributed by atoms with van der Waals surface area (Å²) >= 11 is 0. The molecular formula is C17H14N2. The Balaban J connectivity index is 2.00. The Bertz CT molecular complexity index is 625. The largest absolute Gasteiger partial charge is 0.363 e. The van der Waals surface area contributed by atoms with E-state index in [0.29, 0.717) is 12.1 Å². The zero-order valence-electron chi connectivity index (χ0n) is 10.8. The summed E-state index contributed by atoms with van der Waals surface area (Å²) in [5, 5.41) is 8.75. The van der Waals surface area contributed by atoms with Crippen LogP contribution in [0.25, 0.3) is 0 Å². The third kappa shape index (κ3) is 3.63. The van der Waals surface area contributed by atoms with Gasteiger partial charge in [-0.05, 0) is 36.4 Å². The van der Waals surface area contributed by atoms with Crippen molar-refractivity contribution < 1.29 is 0 Å². The van der Waals surface area contributed by atoms with Crippen molar-refractivity contribution in [2.45, 2.75) is 0 Å². The van der Waals surface area contributed by atoms with Crippen LogP contribution in [0.2, 0.25) is 0 Å². The molecule has 0 atom stereocenters. The van der Waals surface area contributed by atoms with Gasteiger partial charge in [0.2, 0.25) is 0 Å². The van der Waals surface area contributed by atoms with Gasteiger partial charge in [0, 0.05) is 18.3 Å². The second-order valence-electron chi connectivity index (χ2n) is 4.18. The number of anilines is 1. The molecule has 0 fully saturated rings. The van der Waals surface area contributed by atoms with E-state index in [-0.39, 0.29) is 0 Å². The van der Waals surface area contributed by atoms with Gasteiger partial charge in [-0.3, -0.25) is 0 Å². The third-order valence-electron chi connectivity index (χ3n) is 2.76. The maximum Gasteiger partial charge on any atom is 0.0991 e. The Morgan fingerprint density at radius 3 is 2.26 bits per heavy atom. The Morgan fingerprint density at radius 1 is 0.947 bits per heavy atom. The molecule has 19 heavy (non-hydrogen) atoms. The van der Waals surface area contributed by atoms with Crippen LogP contribution < -0.4 is 4.90 Å². The van der Waals surface area contributed by atoms with Crippen molar-refractivity contribution in [2.75, 3.05) is 18.5 Å². The molecule has 0 aliphatic rings. The van der Waals surface area contributed by atoms with Crippen molar-refractivity contribution in [2.24, 2.45) is 0 Å².